The fourth-order valence-electron chi connectivity index (χ4n) is 1.67. The molecule has 0 aliphatic rings. The second kappa shape index (κ2) is 6.38. The Hall–Kier alpha value is -2.08. The molecular formula is C14H17N3O2S. The number of nitrogen functional groups attached to an aromatic ring is 1. The summed E-state index contributed by atoms with van der Waals surface area (Å²) in [6.45, 7) is 2.69. The summed E-state index contributed by atoms with van der Waals surface area (Å²) in [4.78, 5) is 4.95. The standard InChI is InChI=1S/C14H17N3O2S/c1-3-6-19-11-7-9(4-5-10(11)18-2)14-17-8-12(20-14)13(15)16/h4-5,7-8H,3,6H2,1-2H3,(H3,15,16). The molecule has 0 atom stereocenters. The van der Waals surface area contributed by atoms with Gasteiger partial charge in [0, 0.05) is 11.8 Å². The maximum atomic E-state index is 7.41. The van der Waals surface area contributed by atoms with Gasteiger partial charge in [-0.3, -0.25) is 5.41 Å². The lowest BCUT2D eigenvalue weighted by molar-refractivity contribution is 0.294. The molecule has 1 aromatic heterocycles. The van der Waals surface area contributed by atoms with Gasteiger partial charge < -0.3 is 15.2 Å². The van der Waals surface area contributed by atoms with E-state index in [1.807, 2.05) is 18.2 Å². The zero-order chi connectivity index (χ0) is 14.5. The number of amidine groups is 1. The van der Waals surface area contributed by atoms with Crippen LogP contribution in [-0.2, 0) is 0 Å². The molecule has 0 saturated carbocycles. The predicted molar refractivity (Wildman–Crippen MR) is 80.9 cm³/mol. The highest BCUT2D eigenvalue weighted by atomic mass is 32.1. The molecule has 1 heterocycles. The Morgan fingerprint density at radius 1 is 1.40 bits per heavy atom. The number of thiazole rings is 1. The van der Waals surface area contributed by atoms with E-state index in [2.05, 4.69) is 11.9 Å². The summed E-state index contributed by atoms with van der Waals surface area (Å²) in [7, 11) is 1.62. The van der Waals surface area contributed by atoms with Gasteiger partial charge in [0.1, 0.15) is 10.8 Å². The Morgan fingerprint density at radius 3 is 2.80 bits per heavy atom. The quantitative estimate of drug-likeness (QED) is 0.633. The monoisotopic (exact) mass is 291 g/mol. The Morgan fingerprint density at radius 2 is 2.20 bits per heavy atom. The van der Waals surface area contributed by atoms with E-state index in [0.717, 1.165) is 17.0 Å². The molecule has 0 fully saturated rings. The molecule has 6 heteroatoms. The smallest absolute Gasteiger partial charge is 0.161 e. The van der Waals surface area contributed by atoms with Gasteiger partial charge in [0.2, 0.25) is 0 Å². The van der Waals surface area contributed by atoms with Crippen LogP contribution in [0.2, 0.25) is 0 Å². The zero-order valence-electron chi connectivity index (χ0n) is 11.5. The number of nitrogens with zero attached hydrogens (tertiary/aromatic N) is 1. The first-order valence-corrected chi connectivity index (χ1v) is 7.08. The van der Waals surface area contributed by atoms with Crippen molar-refractivity contribution in [1.82, 2.24) is 4.98 Å². The highest BCUT2D eigenvalue weighted by molar-refractivity contribution is 7.16. The fraction of sp³-hybridized carbons (Fsp3) is 0.286. The summed E-state index contributed by atoms with van der Waals surface area (Å²) in [6, 6.07) is 5.67. The maximum absolute atomic E-state index is 7.41. The molecule has 0 radical (unpaired) electrons. The summed E-state index contributed by atoms with van der Waals surface area (Å²) in [5.41, 5.74) is 6.38. The molecule has 0 aliphatic heterocycles. The topological polar surface area (TPSA) is 81.2 Å². The van der Waals surface area contributed by atoms with Gasteiger partial charge in [-0.05, 0) is 24.6 Å². The number of nitrogens with two attached hydrogens (primary N) is 1. The zero-order valence-corrected chi connectivity index (χ0v) is 12.3. The molecule has 20 heavy (non-hydrogen) atoms. The molecule has 3 N–H and O–H groups in total. The minimum absolute atomic E-state index is 0.0321. The molecule has 0 unspecified atom stereocenters. The van der Waals surface area contributed by atoms with E-state index in [0.29, 0.717) is 23.0 Å². The summed E-state index contributed by atoms with van der Waals surface area (Å²) in [6.07, 6.45) is 2.54. The molecule has 0 saturated heterocycles. The van der Waals surface area contributed by atoms with Crippen LogP contribution in [0.1, 0.15) is 18.2 Å². The van der Waals surface area contributed by atoms with E-state index in [-0.39, 0.29) is 5.84 Å². The lowest BCUT2D eigenvalue weighted by Gasteiger charge is -2.10. The first-order chi connectivity index (χ1) is 9.65. The molecule has 0 bridgehead atoms. The van der Waals surface area contributed by atoms with E-state index in [4.69, 9.17) is 20.6 Å². The minimum Gasteiger partial charge on any atom is -0.493 e. The van der Waals surface area contributed by atoms with E-state index >= 15 is 0 Å². The van der Waals surface area contributed by atoms with Gasteiger partial charge in [-0.1, -0.05) is 6.92 Å². The van der Waals surface area contributed by atoms with Crippen molar-refractivity contribution in [2.24, 2.45) is 5.73 Å². The molecular weight excluding hydrogens is 274 g/mol. The van der Waals surface area contributed by atoms with Gasteiger partial charge in [-0.25, -0.2) is 4.98 Å². The van der Waals surface area contributed by atoms with Crippen molar-refractivity contribution in [2.75, 3.05) is 13.7 Å². The van der Waals surface area contributed by atoms with E-state index in [1.54, 1.807) is 13.3 Å². The number of methoxy groups -OCH3 is 1. The van der Waals surface area contributed by atoms with Crippen molar-refractivity contribution < 1.29 is 9.47 Å². The minimum atomic E-state index is 0.0321. The number of ether oxygens (including phenoxy) is 2. The average molecular weight is 291 g/mol. The Bertz CT molecular complexity index is 610. The molecule has 106 valence electrons. The van der Waals surface area contributed by atoms with Crippen molar-refractivity contribution in [1.29, 1.82) is 5.41 Å². The number of aromatic nitrogens is 1. The molecule has 2 rings (SSSR count). The third-order valence-electron chi connectivity index (χ3n) is 2.64. The Labute approximate surface area is 121 Å². The van der Waals surface area contributed by atoms with Crippen LogP contribution in [0, 0.1) is 5.41 Å². The van der Waals surface area contributed by atoms with Crippen molar-refractivity contribution in [2.45, 2.75) is 13.3 Å². The molecule has 1 aromatic carbocycles. The van der Waals surface area contributed by atoms with Crippen LogP contribution in [0.4, 0.5) is 0 Å². The van der Waals surface area contributed by atoms with Gasteiger partial charge in [0.05, 0.1) is 18.6 Å². The highest BCUT2D eigenvalue weighted by Crippen LogP contribution is 2.34. The number of hydrogen-bond acceptors (Lipinski definition) is 5. The van der Waals surface area contributed by atoms with Gasteiger partial charge in [-0.15, -0.1) is 11.3 Å². The van der Waals surface area contributed by atoms with Gasteiger partial charge >= 0.3 is 0 Å². The average Bonchev–Trinajstić information content (AvgIpc) is 2.94. The van der Waals surface area contributed by atoms with Crippen LogP contribution in [-0.4, -0.2) is 24.5 Å². The van der Waals surface area contributed by atoms with Crippen molar-refractivity contribution >= 4 is 17.2 Å². The SMILES string of the molecule is CCCOc1cc(-c2ncc(C(=N)N)s2)ccc1OC. The van der Waals surface area contributed by atoms with Crippen LogP contribution in [0.25, 0.3) is 10.6 Å². The lowest BCUT2D eigenvalue weighted by Crippen LogP contribution is -2.08. The molecule has 0 spiro atoms. The number of hydrogen-bond donors (Lipinski definition) is 2. The van der Waals surface area contributed by atoms with Crippen LogP contribution in [0.5, 0.6) is 11.5 Å². The van der Waals surface area contributed by atoms with Crippen LogP contribution >= 0.6 is 11.3 Å². The van der Waals surface area contributed by atoms with Crippen molar-refractivity contribution in [3.05, 3.63) is 29.3 Å². The summed E-state index contributed by atoms with van der Waals surface area (Å²) in [5, 5.41) is 8.22. The fourth-order valence-corrected chi connectivity index (χ4v) is 2.44. The first kappa shape index (κ1) is 14.3. The third-order valence-corrected chi connectivity index (χ3v) is 3.72. The van der Waals surface area contributed by atoms with E-state index in [9.17, 15) is 0 Å². The maximum Gasteiger partial charge on any atom is 0.161 e. The van der Waals surface area contributed by atoms with Crippen LogP contribution in [0.3, 0.4) is 0 Å². The summed E-state index contributed by atoms with van der Waals surface area (Å²) >= 11 is 1.38. The van der Waals surface area contributed by atoms with Gasteiger partial charge in [0.25, 0.3) is 0 Å². The molecule has 5 nitrogen and oxygen atoms in total. The molecule has 0 amide bonds. The largest absolute Gasteiger partial charge is 0.493 e. The number of nitrogens with one attached hydrogen (secondary N) is 1. The van der Waals surface area contributed by atoms with E-state index < -0.39 is 0 Å². The van der Waals surface area contributed by atoms with Gasteiger partial charge in [-0.2, -0.15) is 0 Å². The highest BCUT2D eigenvalue weighted by Gasteiger charge is 2.11. The second-order valence-corrected chi connectivity index (χ2v) is 5.19. The lowest BCUT2D eigenvalue weighted by atomic mass is 10.2. The van der Waals surface area contributed by atoms with Crippen LogP contribution < -0.4 is 15.2 Å². The third kappa shape index (κ3) is 3.08. The number of benzene rings is 1. The first-order valence-electron chi connectivity index (χ1n) is 6.27. The summed E-state index contributed by atoms with van der Waals surface area (Å²) in [5.74, 6) is 1.43. The number of rotatable bonds is 6. The summed E-state index contributed by atoms with van der Waals surface area (Å²) < 4.78 is 11.0. The Balaban J connectivity index is 2.33. The van der Waals surface area contributed by atoms with Crippen molar-refractivity contribution in [3.63, 3.8) is 0 Å². The van der Waals surface area contributed by atoms with Gasteiger partial charge in [0.15, 0.2) is 11.5 Å². The normalized spacial score (nSPS) is 10.3. The van der Waals surface area contributed by atoms with E-state index in [1.165, 1.54) is 11.3 Å². The predicted octanol–water partition coefficient (Wildman–Crippen LogP) is 2.89. The molecule has 0 aliphatic carbocycles. The second-order valence-electron chi connectivity index (χ2n) is 4.16. The Kier molecular flexibility index (Phi) is 4.57. The molecule has 2 aromatic rings. The van der Waals surface area contributed by atoms with Crippen LogP contribution in [0.15, 0.2) is 24.4 Å². The van der Waals surface area contributed by atoms with Crippen molar-refractivity contribution in [3.8, 4) is 22.1 Å².